The topological polar surface area (TPSA) is 73.4 Å². The molecule has 0 unspecified atom stereocenters. The van der Waals surface area contributed by atoms with Crippen molar-refractivity contribution in [2.45, 2.75) is 31.7 Å². The summed E-state index contributed by atoms with van der Waals surface area (Å²) in [4.78, 5) is 26.1. The zero-order valence-corrected chi connectivity index (χ0v) is 22.5. The third kappa shape index (κ3) is 7.19. The second-order valence-corrected chi connectivity index (χ2v) is 10.4. The highest BCUT2D eigenvalue weighted by Crippen LogP contribution is 2.29. The van der Waals surface area contributed by atoms with Crippen LogP contribution in [0.5, 0.6) is 0 Å². The summed E-state index contributed by atoms with van der Waals surface area (Å²) in [5.41, 5.74) is 4.28. The second-order valence-electron chi connectivity index (χ2n) is 10.0. The first-order valence-electron chi connectivity index (χ1n) is 13.4. The molecule has 1 saturated heterocycles. The van der Waals surface area contributed by atoms with Gasteiger partial charge in [0.15, 0.2) is 5.78 Å². The maximum absolute atomic E-state index is 11.8. The molecule has 3 aromatic rings. The number of allylic oxidation sites excluding steroid dienone is 1. The van der Waals surface area contributed by atoms with Crippen LogP contribution < -0.4 is 10.6 Å². The number of nitrogens with one attached hydrogen (secondary N) is 2. The number of anilines is 3. The Morgan fingerprint density at radius 2 is 1.87 bits per heavy atom. The molecule has 5 rings (SSSR count). The summed E-state index contributed by atoms with van der Waals surface area (Å²) >= 11 is 6.44. The molecule has 2 N–H and O–H groups in total. The summed E-state index contributed by atoms with van der Waals surface area (Å²) in [6.07, 6.45) is 7.14. The number of hydrogen-bond donors (Lipinski definition) is 2. The normalized spacial score (nSPS) is 16.2. The summed E-state index contributed by atoms with van der Waals surface area (Å²) < 4.78 is 0. The fourth-order valence-corrected chi connectivity index (χ4v) is 5.10. The van der Waals surface area contributed by atoms with E-state index in [1.54, 1.807) is 6.20 Å². The van der Waals surface area contributed by atoms with E-state index in [0.717, 1.165) is 48.1 Å². The van der Waals surface area contributed by atoms with Crippen LogP contribution in [0.25, 0.3) is 11.3 Å². The molecule has 1 saturated carbocycles. The average Bonchev–Trinajstić information content (AvgIpc) is 3.79. The van der Waals surface area contributed by atoms with E-state index in [1.165, 1.54) is 45.1 Å². The average molecular weight is 531 g/mol. The Morgan fingerprint density at radius 1 is 1.08 bits per heavy atom. The zero-order valence-electron chi connectivity index (χ0n) is 21.7. The van der Waals surface area contributed by atoms with Crippen molar-refractivity contribution in [1.82, 2.24) is 19.8 Å². The van der Waals surface area contributed by atoms with E-state index in [4.69, 9.17) is 11.6 Å². The van der Waals surface area contributed by atoms with Gasteiger partial charge >= 0.3 is 0 Å². The van der Waals surface area contributed by atoms with E-state index in [2.05, 4.69) is 49.1 Å². The van der Waals surface area contributed by atoms with Gasteiger partial charge in [-0.15, -0.1) is 0 Å². The first-order chi connectivity index (χ1) is 18.6. The molecule has 2 fully saturated rings. The highest BCUT2D eigenvalue weighted by Gasteiger charge is 2.30. The Morgan fingerprint density at radius 3 is 2.66 bits per heavy atom. The van der Waals surface area contributed by atoms with E-state index in [-0.39, 0.29) is 5.78 Å². The molecule has 1 aliphatic heterocycles. The minimum atomic E-state index is -0.0292. The van der Waals surface area contributed by atoms with Gasteiger partial charge < -0.3 is 15.5 Å². The third-order valence-electron chi connectivity index (χ3n) is 7.12. The van der Waals surface area contributed by atoms with Gasteiger partial charge in [-0.1, -0.05) is 42.4 Å². The lowest BCUT2D eigenvalue weighted by Crippen LogP contribution is -2.47. The van der Waals surface area contributed by atoms with Crippen LogP contribution in [0.15, 0.2) is 67.4 Å². The van der Waals surface area contributed by atoms with Crippen molar-refractivity contribution in [3.63, 3.8) is 0 Å². The Hall–Kier alpha value is -3.26. The van der Waals surface area contributed by atoms with Gasteiger partial charge in [0, 0.05) is 62.1 Å². The maximum atomic E-state index is 11.8. The number of carbonyl (C=O) groups excluding carboxylic acids is 1. The number of carbonyl (C=O) groups is 1. The highest BCUT2D eigenvalue weighted by molar-refractivity contribution is 6.32. The van der Waals surface area contributed by atoms with E-state index in [1.807, 2.05) is 36.4 Å². The standard InChI is InChI=1S/C30H35ClN6O/c1-2-27(38)19-22-6-3-7-23(18-22)29-28(31)21-33-30(35-29)34-25-9-4-8-24(20-25)32-12-5-13-36-14-16-37(17-15-36)26-10-11-26/h2-4,6-9,18,20-21,26,32H,1,5,10-17,19H2,(H,33,34,35). The number of piperazine rings is 1. The number of ketones is 1. The minimum Gasteiger partial charge on any atom is -0.385 e. The molecule has 1 aromatic heterocycles. The molecule has 2 aromatic carbocycles. The van der Waals surface area contributed by atoms with E-state index in [0.29, 0.717) is 23.1 Å². The number of rotatable bonds is 12. The fraction of sp³-hybridized carbons (Fsp3) is 0.367. The van der Waals surface area contributed by atoms with Gasteiger partial charge in [-0.05, 0) is 61.7 Å². The van der Waals surface area contributed by atoms with Crippen molar-refractivity contribution in [2.24, 2.45) is 0 Å². The van der Waals surface area contributed by atoms with Crippen LogP contribution in [-0.2, 0) is 11.2 Å². The van der Waals surface area contributed by atoms with E-state index in [9.17, 15) is 4.79 Å². The van der Waals surface area contributed by atoms with Crippen LogP contribution in [0.2, 0.25) is 5.02 Å². The number of hydrogen-bond acceptors (Lipinski definition) is 7. The minimum absolute atomic E-state index is 0.0292. The predicted molar refractivity (Wildman–Crippen MR) is 155 cm³/mol. The lowest BCUT2D eigenvalue weighted by molar-refractivity contribution is -0.114. The Labute approximate surface area is 229 Å². The van der Waals surface area contributed by atoms with Gasteiger partial charge in [0.05, 0.1) is 16.9 Å². The molecule has 1 aliphatic carbocycles. The summed E-state index contributed by atoms with van der Waals surface area (Å²) in [6.45, 7) is 10.4. The van der Waals surface area contributed by atoms with Gasteiger partial charge in [0.1, 0.15) is 0 Å². The van der Waals surface area contributed by atoms with Gasteiger partial charge in [0.2, 0.25) is 5.95 Å². The van der Waals surface area contributed by atoms with Crippen molar-refractivity contribution in [1.29, 1.82) is 0 Å². The number of benzene rings is 2. The van der Waals surface area contributed by atoms with Crippen molar-refractivity contribution >= 4 is 34.7 Å². The van der Waals surface area contributed by atoms with Gasteiger partial charge in [-0.25, -0.2) is 9.97 Å². The molecule has 2 heterocycles. The number of aromatic nitrogens is 2. The van der Waals surface area contributed by atoms with E-state index >= 15 is 0 Å². The van der Waals surface area contributed by atoms with Crippen LogP contribution in [0.4, 0.5) is 17.3 Å². The molecule has 0 atom stereocenters. The van der Waals surface area contributed by atoms with Crippen LogP contribution in [-0.4, -0.2) is 70.9 Å². The summed E-state index contributed by atoms with van der Waals surface area (Å²) in [6, 6.07) is 16.7. The molecule has 198 valence electrons. The predicted octanol–water partition coefficient (Wildman–Crippen LogP) is 5.42. The summed E-state index contributed by atoms with van der Waals surface area (Å²) in [5, 5.41) is 7.29. The molecule has 7 nitrogen and oxygen atoms in total. The van der Waals surface area contributed by atoms with Crippen LogP contribution in [0.1, 0.15) is 24.8 Å². The van der Waals surface area contributed by atoms with Crippen molar-refractivity contribution in [3.05, 3.63) is 78.0 Å². The number of halogens is 1. The van der Waals surface area contributed by atoms with Crippen molar-refractivity contribution in [2.75, 3.05) is 49.9 Å². The Bertz CT molecular complexity index is 1270. The first-order valence-corrected chi connectivity index (χ1v) is 13.8. The summed E-state index contributed by atoms with van der Waals surface area (Å²) in [7, 11) is 0. The van der Waals surface area contributed by atoms with Crippen LogP contribution in [0, 0.1) is 0 Å². The van der Waals surface area contributed by atoms with Gasteiger partial charge in [-0.3, -0.25) is 9.69 Å². The van der Waals surface area contributed by atoms with Crippen molar-refractivity contribution < 1.29 is 4.79 Å². The smallest absolute Gasteiger partial charge is 0.227 e. The molecule has 0 bridgehead atoms. The molecule has 0 radical (unpaired) electrons. The zero-order chi connectivity index (χ0) is 26.3. The third-order valence-corrected chi connectivity index (χ3v) is 7.40. The summed E-state index contributed by atoms with van der Waals surface area (Å²) in [5.74, 6) is 0.429. The first kappa shape index (κ1) is 26.4. The highest BCUT2D eigenvalue weighted by atomic mass is 35.5. The number of nitrogens with zero attached hydrogens (tertiary/aromatic N) is 4. The lowest BCUT2D eigenvalue weighted by atomic mass is 10.0. The Balaban J connectivity index is 1.15. The molecule has 0 amide bonds. The maximum Gasteiger partial charge on any atom is 0.227 e. The van der Waals surface area contributed by atoms with Gasteiger partial charge in [0.25, 0.3) is 0 Å². The van der Waals surface area contributed by atoms with Crippen LogP contribution >= 0.6 is 11.6 Å². The Kier molecular flexibility index (Phi) is 8.68. The molecule has 2 aliphatic rings. The van der Waals surface area contributed by atoms with Crippen molar-refractivity contribution in [3.8, 4) is 11.3 Å². The molecule has 8 heteroatoms. The molecule has 38 heavy (non-hydrogen) atoms. The molecular formula is C30H35ClN6O. The monoisotopic (exact) mass is 530 g/mol. The lowest BCUT2D eigenvalue weighted by Gasteiger charge is -2.34. The van der Waals surface area contributed by atoms with Gasteiger partial charge in [-0.2, -0.15) is 0 Å². The SMILES string of the molecule is C=CC(=O)Cc1cccc(-c2nc(Nc3cccc(NCCCN4CCN(C5CC5)CC4)c3)ncc2Cl)c1. The second kappa shape index (κ2) is 12.5. The largest absolute Gasteiger partial charge is 0.385 e. The molecular weight excluding hydrogens is 496 g/mol. The fourth-order valence-electron chi connectivity index (χ4n) is 4.89. The van der Waals surface area contributed by atoms with Crippen LogP contribution in [0.3, 0.4) is 0 Å². The molecule has 0 spiro atoms. The quantitative estimate of drug-likeness (QED) is 0.239. The van der Waals surface area contributed by atoms with E-state index < -0.39 is 0 Å².